The van der Waals surface area contributed by atoms with Gasteiger partial charge in [0.1, 0.15) is 22.5 Å². The van der Waals surface area contributed by atoms with Crippen molar-refractivity contribution in [2.45, 2.75) is 19.9 Å². The normalized spacial score (nSPS) is 11.8. The summed E-state index contributed by atoms with van der Waals surface area (Å²) in [6.07, 6.45) is 1.50. The van der Waals surface area contributed by atoms with Crippen LogP contribution in [0.3, 0.4) is 0 Å². The Balaban J connectivity index is 1.37. The molecule has 41 heavy (non-hydrogen) atoms. The quantitative estimate of drug-likeness (QED) is 0.227. The zero-order chi connectivity index (χ0) is 29.1. The number of amides is 1. The lowest BCUT2D eigenvalue weighted by Crippen LogP contribution is -2.29. The summed E-state index contributed by atoms with van der Waals surface area (Å²) in [6.45, 7) is 4.05. The number of hydrogen-bond acceptors (Lipinski definition) is 7. The number of rotatable bonds is 9. The number of methoxy groups -OCH3 is 1. The Bertz CT molecular complexity index is 1790. The van der Waals surface area contributed by atoms with Crippen LogP contribution in [0.1, 0.15) is 23.0 Å². The van der Waals surface area contributed by atoms with Crippen molar-refractivity contribution in [1.29, 1.82) is 0 Å². The molecule has 5 rings (SSSR count). The third kappa shape index (κ3) is 5.77. The van der Waals surface area contributed by atoms with Crippen molar-refractivity contribution < 1.29 is 23.0 Å². The third-order valence-electron chi connectivity index (χ3n) is 6.24. The highest BCUT2D eigenvalue weighted by Gasteiger charge is 2.18. The van der Waals surface area contributed by atoms with Gasteiger partial charge in [0.05, 0.1) is 6.61 Å². The molecule has 3 heterocycles. The van der Waals surface area contributed by atoms with E-state index in [9.17, 15) is 14.0 Å². The Hall–Kier alpha value is -5.10. The number of aryl methyl sites for hydroxylation is 1. The molecule has 0 spiro atoms. The number of carbonyl (C=O) groups is 1. The SMILES string of the molecule is COCC(C)Nc1n[nH]c2nccc(Oc3ccc(NC(=O)c4ccc(C)n(-c5ccc(F)cc5)c4=O)cc3F)c12. The highest BCUT2D eigenvalue weighted by atomic mass is 19.1. The van der Waals surface area contributed by atoms with E-state index in [1.807, 2.05) is 6.92 Å². The molecule has 12 heteroatoms. The van der Waals surface area contributed by atoms with Crippen molar-refractivity contribution in [3.05, 3.63) is 100 Å². The Morgan fingerprint density at radius 1 is 1.07 bits per heavy atom. The van der Waals surface area contributed by atoms with Gasteiger partial charge in [-0.1, -0.05) is 0 Å². The number of pyridine rings is 2. The predicted octanol–water partition coefficient (Wildman–Crippen LogP) is 5.19. The lowest BCUT2D eigenvalue weighted by Gasteiger charge is -2.14. The summed E-state index contributed by atoms with van der Waals surface area (Å²) in [7, 11) is 1.59. The minimum atomic E-state index is -0.744. The molecule has 0 saturated heterocycles. The molecule has 0 radical (unpaired) electrons. The molecular formula is C29H26F2N6O4. The summed E-state index contributed by atoms with van der Waals surface area (Å²) in [4.78, 5) is 30.4. The zero-order valence-corrected chi connectivity index (χ0v) is 22.4. The number of benzene rings is 2. The van der Waals surface area contributed by atoms with Crippen molar-refractivity contribution >= 4 is 28.4 Å². The zero-order valence-electron chi connectivity index (χ0n) is 22.4. The summed E-state index contributed by atoms with van der Waals surface area (Å²) in [5.41, 5.74) is 0.768. The number of aromatic amines is 1. The maximum Gasteiger partial charge on any atom is 0.268 e. The minimum Gasteiger partial charge on any atom is -0.453 e. The predicted molar refractivity (Wildman–Crippen MR) is 150 cm³/mol. The summed E-state index contributed by atoms with van der Waals surface area (Å²) >= 11 is 0. The second kappa shape index (κ2) is 11.6. The fraction of sp³-hybridized carbons (Fsp3) is 0.172. The highest BCUT2D eigenvalue weighted by molar-refractivity contribution is 6.04. The second-order valence-electron chi connectivity index (χ2n) is 9.31. The van der Waals surface area contributed by atoms with Gasteiger partial charge in [0.2, 0.25) is 0 Å². The van der Waals surface area contributed by atoms with E-state index in [2.05, 4.69) is 25.8 Å². The van der Waals surface area contributed by atoms with Gasteiger partial charge in [-0.05, 0) is 62.4 Å². The molecule has 0 saturated carbocycles. The van der Waals surface area contributed by atoms with Crippen LogP contribution in [0.2, 0.25) is 0 Å². The standard InChI is InChI=1S/C29H26F2N6O4/c1-16(15-40-3)33-27-25-24(12-13-32-26(25)35-36-27)41-23-11-7-19(14-22(23)31)34-28(38)21-10-4-17(2)37(29(21)39)20-8-5-18(30)6-9-20/h4-14,16H,15H2,1-3H3,(H,34,38)(H2,32,33,35,36). The first kappa shape index (κ1) is 27.5. The summed E-state index contributed by atoms with van der Waals surface area (Å²) in [5.74, 6) is -1.23. The van der Waals surface area contributed by atoms with Gasteiger partial charge in [-0.25, -0.2) is 13.8 Å². The topological polar surface area (TPSA) is 123 Å². The minimum absolute atomic E-state index is 0.0625. The molecule has 3 aromatic heterocycles. The smallest absolute Gasteiger partial charge is 0.268 e. The number of anilines is 2. The molecule has 0 aliphatic carbocycles. The first-order chi connectivity index (χ1) is 19.7. The van der Waals surface area contributed by atoms with Crippen molar-refractivity contribution in [3.63, 3.8) is 0 Å². The van der Waals surface area contributed by atoms with Crippen molar-refractivity contribution in [2.75, 3.05) is 24.4 Å². The van der Waals surface area contributed by atoms with E-state index < -0.39 is 23.1 Å². The lowest BCUT2D eigenvalue weighted by atomic mass is 10.2. The van der Waals surface area contributed by atoms with E-state index >= 15 is 4.39 Å². The van der Waals surface area contributed by atoms with Crippen LogP contribution in [-0.2, 0) is 4.74 Å². The average Bonchev–Trinajstić information content (AvgIpc) is 3.35. The Labute approximate surface area is 233 Å². The van der Waals surface area contributed by atoms with Gasteiger partial charge >= 0.3 is 0 Å². The van der Waals surface area contributed by atoms with E-state index in [1.165, 1.54) is 53.2 Å². The van der Waals surface area contributed by atoms with Gasteiger partial charge in [-0.3, -0.25) is 19.3 Å². The van der Waals surface area contributed by atoms with Gasteiger partial charge in [0.15, 0.2) is 23.0 Å². The molecule has 5 aromatic rings. The number of hydrogen-bond donors (Lipinski definition) is 3. The monoisotopic (exact) mass is 560 g/mol. The lowest BCUT2D eigenvalue weighted by molar-refractivity contribution is 0.102. The van der Waals surface area contributed by atoms with Crippen LogP contribution >= 0.6 is 0 Å². The van der Waals surface area contributed by atoms with E-state index in [4.69, 9.17) is 9.47 Å². The number of nitrogens with zero attached hydrogens (tertiary/aromatic N) is 3. The van der Waals surface area contributed by atoms with Crippen molar-refractivity contribution in [3.8, 4) is 17.2 Å². The molecule has 1 amide bonds. The average molecular weight is 561 g/mol. The molecule has 1 unspecified atom stereocenters. The van der Waals surface area contributed by atoms with Crippen LogP contribution in [0, 0.1) is 18.6 Å². The van der Waals surface area contributed by atoms with E-state index in [0.29, 0.717) is 40.6 Å². The maximum atomic E-state index is 15.1. The Morgan fingerprint density at radius 2 is 1.85 bits per heavy atom. The van der Waals surface area contributed by atoms with Gasteiger partial charge in [0, 0.05) is 48.5 Å². The van der Waals surface area contributed by atoms with Crippen LogP contribution < -0.4 is 20.9 Å². The van der Waals surface area contributed by atoms with Gasteiger partial charge in [0.25, 0.3) is 11.5 Å². The number of ether oxygens (including phenoxy) is 2. The highest BCUT2D eigenvalue weighted by Crippen LogP contribution is 2.34. The molecule has 0 fully saturated rings. The molecule has 1 atom stereocenters. The fourth-order valence-corrected chi connectivity index (χ4v) is 4.33. The van der Waals surface area contributed by atoms with E-state index in [-0.39, 0.29) is 23.0 Å². The fourth-order valence-electron chi connectivity index (χ4n) is 4.33. The maximum absolute atomic E-state index is 15.1. The van der Waals surface area contributed by atoms with E-state index in [1.54, 1.807) is 26.2 Å². The Kier molecular flexibility index (Phi) is 7.74. The molecule has 3 N–H and O–H groups in total. The number of fused-ring (bicyclic) bond motifs is 1. The van der Waals surface area contributed by atoms with Crippen LogP contribution in [0.5, 0.6) is 11.5 Å². The molecule has 0 aliphatic heterocycles. The van der Waals surface area contributed by atoms with Crippen molar-refractivity contribution in [2.24, 2.45) is 0 Å². The first-order valence-corrected chi connectivity index (χ1v) is 12.6. The van der Waals surface area contributed by atoms with Crippen LogP contribution in [-0.4, -0.2) is 45.4 Å². The molecule has 0 aliphatic rings. The Morgan fingerprint density at radius 3 is 2.59 bits per heavy atom. The number of aromatic nitrogens is 4. The third-order valence-corrected chi connectivity index (χ3v) is 6.24. The van der Waals surface area contributed by atoms with Crippen LogP contribution in [0.25, 0.3) is 16.7 Å². The van der Waals surface area contributed by atoms with Gasteiger partial charge < -0.3 is 20.1 Å². The summed E-state index contributed by atoms with van der Waals surface area (Å²) < 4.78 is 40.8. The molecule has 10 nitrogen and oxygen atoms in total. The van der Waals surface area contributed by atoms with Gasteiger partial charge in [-0.15, -0.1) is 0 Å². The summed E-state index contributed by atoms with van der Waals surface area (Å²) in [5, 5.41) is 13.3. The second-order valence-corrected chi connectivity index (χ2v) is 9.31. The van der Waals surface area contributed by atoms with Crippen LogP contribution in [0.15, 0.2) is 71.7 Å². The first-order valence-electron chi connectivity index (χ1n) is 12.6. The van der Waals surface area contributed by atoms with E-state index in [0.717, 1.165) is 6.07 Å². The molecule has 0 bridgehead atoms. The number of carbonyl (C=O) groups excluding carboxylic acids is 1. The van der Waals surface area contributed by atoms with Gasteiger partial charge in [-0.2, -0.15) is 5.10 Å². The molecule has 210 valence electrons. The van der Waals surface area contributed by atoms with Crippen molar-refractivity contribution in [1.82, 2.24) is 19.7 Å². The van der Waals surface area contributed by atoms with Crippen LogP contribution in [0.4, 0.5) is 20.3 Å². The number of halogens is 2. The number of nitrogens with one attached hydrogen (secondary N) is 3. The molecular weight excluding hydrogens is 534 g/mol. The summed E-state index contributed by atoms with van der Waals surface area (Å²) in [6, 6.07) is 13.8. The number of H-pyrrole nitrogens is 1. The molecule has 2 aromatic carbocycles. The largest absolute Gasteiger partial charge is 0.453 e.